The quantitative estimate of drug-likeness (QED) is 0.740. The summed E-state index contributed by atoms with van der Waals surface area (Å²) in [6.07, 6.45) is 4.04. The van der Waals surface area contributed by atoms with Crippen molar-refractivity contribution in [2.75, 3.05) is 6.54 Å². The van der Waals surface area contributed by atoms with Gasteiger partial charge in [0.2, 0.25) is 0 Å². The molecule has 0 bridgehead atoms. The van der Waals surface area contributed by atoms with Gasteiger partial charge in [0, 0.05) is 6.04 Å². The fraction of sp³-hybridized carbons (Fsp3) is 0.267. The highest BCUT2D eigenvalue weighted by Gasteiger charge is 2.26. The minimum Gasteiger partial charge on any atom is -0.478 e. The third-order valence-electron chi connectivity index (χ3n) is 3.46. The van der Waals surface area contributed by atoms with Crippen molar-refractivity contribution in [3.05, 3.63) is 40.8 Å². The molecule has 0 aromatic heterocycles. The normalized spacial score (nSPS) is 24.9. The van der Waals surface area contributed by atoms with Gasteiger partial charge in [0.15, 0.2) is 5.17 Å². The van der Waals surface area contributed by atoms with E-state index in [9.17, 15) is 9.59 Å². The fourth-order valence-corrected chi connectivity index (χ4v) is 3.27. The van der Waals surface area contributed by atoms with Crippen LogP contribution in [-0.4, -0.2) is 34.7 Å². The maximum atomic E-state index is 12.0. The fourth-order valence-electron chi connectivity index (χ4n) is 2.39. The summed E-state index contributed by atoms with van der Waals surface area (Å²) in [5.41, 5.74) is 0.442. The SMILES string of the molecule is O=C1NC(=Nc2ccccc2C(=O)O)S/C1=C/C1CCCN1. The highest BCUT2D eigenvalue weighted by molar-refractivity contribution is 8.18. The summed E-state index contributed by atoms with van der Waals surface area (Å²) in [6.45, 7) is 0.966. The molecule has 0 aliphatic carbocycles. The second-order valence-electron chi connectivity index (χ2n) is 5.03. The Hall–Kier alpha value is -2.12. The number of carboxylic acids is 1. The number of aliphatic imine (C=N–C) groups is 1. The first-order chi connectivity index (χ1) is 10.6. The topological polar surface area (TPSA) is 90.8 Å². The molecule has 0 radical (unpaired) electrons. The lowest BCUT2D eigenvalue weighted by Crippen LogP contribution is -2.22. The van der Waals surface area contributed by atoms with Crippen molar-refractivity contribution in [2.24, 2.45) is 4.99 Å². The van der Waals surface area contributed by atoms with Crippen molar-refractivity contribution in [2.45, 2.75) is 18.9 Å². The molecular weight excluding hydrogens is 302 g/mol. The van der Waals surface area contributed by atoms with E-state index >= 15 is 0 Å². The van der Waals surface area contributed by atoms with E-state index in [1.165, 1.54) is 17.8 Å². The number of nitrogens with one attached hydrogen (secondary N) is 2. The molecule has 1 aromatic rings. The van der Waals surface area contributed by atoms with Crippen LogP contribution in [0.3, 0.4) is 0 Å². The molecule has 114 valence electrons. The minimum atomic E-state index is -1.04. The monoisotopic (exact) mass is 317 g/mol. The Kier molecular flexibility index (Phi) is 4.26. The zero-order valence-corrected chi connectivity index (χ0v) is 12.5. The van der Waals surface area contributed by atoms with Gasteiger partial charge in [-0.25, -0.2) is 9.79 Å². The summed E-state index contributed by atoms with van der Waals surface area (Å²) in [5.74, 6) is -1.23. The molecule has 2 aliphatic rings. The summed E-state index contributed by atoms with van der Waals surface area (Å²) in [7, 11) is 0. The number of carboxylic acid groups (broad SMARTS) is 1. The summed E-state index contributed by atoms with van der Waals surface area (Å²) >= 11 is 1.24. The second kappa shape index (κ2) is 6.33. The molecule has 6 nitrogen and oxygen atoms in total. The van der Waals surface area contributed by atoms with Gasteiger partial charge >= 0.3 is 5.97 Å². The molecule has 1 amide bonds. The lowest BCUT2D eigenvalue weighted by molar-refractivity contribution is -0.115. The molecule has 1 aromatic carbocycles. The van der Waals surface area contributed by atoms with Gasteiger partial charge < -0.3 is 15.7 Å². The van der Waals surface area contributed by atoms with E-state index in [0.29, 0.717) is 15.8 Å². The molecule has 0 saturated carbocycles. The standard InChI is InChI=1S/C15H15N3O3S/c19-13-12(8-9-4-3-7-16-9)22-15(18-13)17-11-6-2-1-5-10(11)14(20)21/h1-2,5-6,8-9,16H,3-4,7H2,(H,20,21)(H,17,18,19)/b12-8+. The molecule has 7 heteroatoms. The van der Waals surface area contributed by atoms with E-state index < -0.39 is 5.97 Å². The number of rotatable bonds is 3. The van der Waals surface area contributed by atoms with Crippen LogP contribution in [0.25, 0.3) is 0 Å². The van der Waals surface area contributed by atoms with Gasteiger partial charge in [-0.15, -0.1) is 0 Å². The average molecular weight is 317 g/mol. The zero-order valence-electron chi connectivity index (χ0n) is 11.7. The van der Waals surface area contributed by atoms with Crippen molar-refractivity contribution in [1.29, 1.82) is 0 Å². The molecule has 3 rings (SSSR count). The van der Waals surface area contributed by atoms with Crippen LogP contribution in [0, 0.1) is 0 Å². The van der Waals surface area contributed by atoms with Gasteiger partial charge in [-0.2, -0.15) is 0 Å². The van der Waals surface area contributed by atoms with Gasteiger partial charge in [-0.1, -0.05) is 12.1 Å². The van der Waals surface area contributed by atoms with Crippen LogP contribution in [0.5, 0.6) is 0 Å². The van der Waals surface area contributed by atoms with Crippen LogP contribution in [0.1, 0.15) is 23.2 Å². The predicted octanol–water partition coefficient (Wildman–Crippen LogP) is 1.87. The van der Waals surface area contributed by atoms with Gasteiger partial charge in [0.1, 0.15) is 0 Å². The van der Waals surface area contributed by atoms with E-state index in [1.807, 2.05) is 6.08 Å². The molecule has 2 saturated heterocycles. The second-order valence-corrected chi connectivity index (χ2v) is 6.06. The van der Waals surface area contributed by atoms with Crippen LogP contribution < -0.4 is 10.6 Å². The van der Waals surface area contributed by atoms with E-state index in [1.54, 1.807) is 18.2 Å². The van der Waals surface area contributed by atoms with E-state index in [-0.39, 0.29) is 17.5 Å². The lowest BCUT2D eigenvalue weighted by atomic mass is 10.2. The average Bonchev–Trinajstić information content (AvgIpc) is 3.10. The highest BCUT2D eigenvalue weighted by atomic mass is 32.2. The first-order valence-corrected chi connectivity index (χ1v) is 7.80. The number of aromatic carboxylic acids is 1. The Morgan fingerprint density at radius 2 is 2.23 bits per heavy atom. The van der Waals surface area contributed by atoms with Crippen molar-refractivity contribution >= 4 is 34.5 Å². The molecule has 2 fully saturated rings. The highest BCUT2D eigenvalue weighted by Crippen LogP contribution is 2.28. The third kappa shape index (κ3) is 3.20. The summed E-state index contributed by atoms with van der Waals surface area (Å²) < 4.78 is 0. The van der Waals surface area contributed by atoms with Crippen molar-refractivity contribution < 1.29 is 14.7 Å². The Bertz CT molecular complexity index is 678. The smallest absolute Gasteiger partial charge is 0.337 e. The largest absolute Gasteiger partial charge is 0.478 e. The van der Waals surface area contributed by atoms with Crippen molar-refractivity contribution in [1.82, 2.24) is 10.6 Å². The Morgan fingerprint density at radius 3 is 2.95 bits per heavy atom. The summed E-state index contributed by atoms with van der Waals surface area (Å²) in [6, 6.07) is 6.68. The summed E-state index contributed by atoms with van der Waals surface area (Å²) in [4.78, 5) is 28.0. The van der Waals surface area contributed by atoms with Crippen LogP contribution in [-0.2, 0) is 4.79 Å². The maximum Gasteiger partial charge on any atom is 0.337 e. The number of amides is 1. The van der Waals surface area contributed by atoms with Crippen LogP contribution in [0.2, 0.25) is 0 Å². The van der Waals surface area contributed by atoms with E-state index in [2.05, 4.69) is 15.6 Å². The van der Waals surface area contributed by atoms with E-state index in [0.717, 1.165) is 19.4 Å². The van der Waals surface area contributed by atoms with Gasteiger partial charge in [0.05, 0.1) is 16.2 Å². The van der Waals surface area contributed by atoms with Crippen molar-refractivity contribution in [3.8, 4) is 0 Å². The molecular formula is C15H15N3O3S. The molecule has 2 heterocycles. The molecule has 1 atom stereocenters. The number of carbonyl (C=O) groups is 2. The Labute approximate surface area is 131 Å². The van der Waals surface area contributed by atoms with Crippen LogP contribution >= 0.6 is 11.8 Å². The first-order valence-electron chi connectivity index (χ1n) is 6.99. The predicted molar refractivity (Wildman–Crippen MR) is 85.3 cm³/mol. The number of hydrogen-bond donors (Lipinski definition) is 3. The van der Waals surface area contributed by atoms with E-state index in [4.69, 9.17) is 5.11 Å². The number of thioether (sulfide) groups is 1. The number of hydrogen-bond acceptors (Lipinski definition) is 5. The number of para-hydroxylation sites is 1. The molecule has 1 unspecified atom stereocenters. The zero-order chi connectivity index (χ0) is 15.5. The number of carbonyl (C=O) groups excluding carboxylic acids is 1. The number of benzene rings is 1. The molecule has 22 heavy (non-hydrogen) atoms. The molecule has 2 aliphatic heterocycles. The number of nitrogens with zero attached hydrogens (tertiary/aromatic N) is 1. The first kappa shape index (κ1) is 14.8. The van der Waals surface area contributed by atoms with Crippen molar-refractivity contribution in [3.63, 3.8) is 0 Å². The van der Waals surface area contributed by atoms with Gasteiger partial charge in [-0.3, -0.25) is 4.79 Å². The molecule has 3 N–H and O–H groups in total. The third-order valence-corrected chi connectivity index (χ3v) is 4.39. The molecule has 0 spiro atoms. The minimum absolute atomic E-state index is 0.111. The maximum absolute atomic E-state index is 12.0. The van der Waals surface area contributed by atoms with Gasteiger partial charge in [-0.05, 0) is 49.4 Å². The van der Waals surface area contributed by atoms with Crippen LogP contribution in [0.15, 0.2) is 40.2 Å². The Balaban J connectivity index is 1.82. The van der Waals surface area contributed by atoms with Crippen LogP contribution in [0.4, 0.5) is 5.69 Å². The summed E-state index contributed by atoms with van der Waals surface area (Å²) in [5, 5.41) is 15.5. The van der Waals surface area contributed by atoms with Gasteiger partial charge in [0.25, 0.3) is 5.91 Å². The number of amidine groups is 1. The Morgan fingerprint density at radius 1 is 1.41 bits per heavy atom. The lowest BCUT2D eigenvalue weighted by Gasteiger charge is -2.03.